The lowest BCUT2D eigenvalue weighted by Gasteiger charge is -2.23. The first-order chi connectivity index (χ1) is 13.6. The van der Waals surface area contributed by atoms with E-state index >= 15 is 0 Å². The molecule has 1 aromatic heterocycles. The molecule has 7 nitrogen and oxygen atoms in total. The molecule has 1 aliphatic heterocycles. The van der Waals surface area contributed by atoms with Gasteiger partial charge in [0.25, 0.3) is 0 Å². The molecule has 0 bridgehead atoms. The van der Waals surface area contributed by atoms with Gasteiger partial charge in [0, 0.05) is 6.61 Å². The zero-order chi connectivity index (χ0) is 19.7. The molecule has 146 valence electrons. The Hall–Kier alpha value is -3.06. The maximum absolute atomic E-state index is 11.9. The van der Waals surface area contributed by atoms with Gasteiger partial charge in [-0.2, -0.15) is 5.10 Å². The maximum Gasteiger partial charge on any atom is 0.340 e. The number of carbonyl (C=O) groups excluding carboxylic acids is 1. The van der Waals surface area contributed by atoms with E-state index in [-0.39, 0.29) is 17.5 Å². The van der Waals surface area contributed by atoms with Crippen molar-refractivity contribution in [2.24, 2.45) is 0 Å². The highest BCUT2D eigenvalue weighted by molar-refractivity contribution is 5.96. The van der Waals surface area contributed by atoms with Gasteiger partial charge in [0.2, 0.25) is 0 Å². The fraction of sp³-hybridized carbons (Fsp3) is 0.333. The quantitative estimate of drug-likeness (QED) is 0.538. The maximum atomic E-state index is 11.9. The largest absolute Gasteiger partial charge is 0.465 e. The Balaban J connectivity index is 1.74. The smallest absolute Gasteiger partial charge is 0.340 e. The van der Waals surface area contributed by atoms with Crippen LogP contribution >= 0.6 is 0 Å². The van der Waals surface area contributed by atoms with Crippen LogP contribution in [0, 0.1) is 6.92 Å². The van der Waals surface area contributed by atoms with E-state index in [9.17, 15) is 4.79 Å². The fourth-order valence-electron chi connectivity index (χ4n) is 3.52. The van der Waals surface area contributed by atoms with Gasteiger partial charge in [0.15, 0.2) is 12.0 Å². The number of hydrogen-bond acceptors (Lipinski definition) is 6. The molecule has 28 heavy (non-hydrogen) atoms. The summed E-state index contributed by atoms with van der Waals surface area (Å²) in [6.07, 6.45) is 4.87. The number of benzene rings is 2. The summed E-state index contributed by atoms with van der Waals surface area (Å²) in [6.45, 7) is 2.71. The molecule has 1 atom stereocenters. The average molecular weight is 381 g/mol. The average Bonchev–Trinajstić information content (AvgIpc) is 3.15. The van der Waals surface area contributed by atoms with Crippen molar-refractivity contribution in [2.75, 3.05) is 19.5 Å². The molecule has 0 amide bonds. The summed E-state index contributed by atoms with van der Waals surface area (Å²) in [4.78, 5) is 11.9. The van der Waals surface area contributed by atoms with Crippen molar-refractivity contribution < 1.29 is 19.0 Å². The van der Waals surface area contributed by atoms with E-state index in [4.69, 9.17) is 19.9 Å². The number of nitrogen functional groups attached to an aromatic ring is 1. The van der Waals surface area contributed by atoms with Crippen molar-refractivity contribution in [1.82, 2.24) is 9.78 Å². The minimum Gasteiger partial charge on any atom is -0.465 e. The third-order valence-corrected chi connectivity index (χ3v) is 5.04. The van der Waals surface area contributed by atoms with Gasteiger partial charge >= 0.3 is 5.97 Å². The molecule has 0 radical (unpaired) electrons. The van der Waals surface area contributed by atoms with Crippen molar-refractivity contribution in [3.8, 4) is 11.5 Å². The second-order valence-corrected chi connectivity index (χ2v) is 6.87. The van der Waals surface area contributed by atoms with E-state index in [1.54, 1.807) is 24.4 Å². The summed E-state index contributed by atoms with van der Waals surface area (Å²) in [7, 11) is 1.32. The lowest BCUT2D eigenvalue weighted by molar-refractivity contribution is -0.0366. The first kappa shape index (κ1) is 18.3. The molecule has 1 fully saturated rings. The lowest BCUT2D eigenvalue weighted by Crippen LogP contribution is -2.18. The predicted octanol–water partition coefficient (Wildman–Crippen LogP) is 4.20. The molecule has 1 aliphatic rings. The number of hydrogen-bond donors (Lipinski definition) is 1. The summed E-state index contributed by atoms with van der Waals surface area (Å²) >= 11 is 0. The molecule has 2 aromatic carbocycles. The van der Waals surface area contributed by atoms with Crippen LogP contribution in [0.5, 0.6) is 11.5 Å². The molecule has 7 heteroatoms. The number of ether oxygens (including phenoxy) is 3. The first-order valence-electron chi connectivity index (χ1n) is 9.33. The van der Waals surface area contributed by atoms with Crippen LogP contribution in [-0.4, -0.2) is 29.5 Å². The SMILES string of the molecule is COC(=O)c1cccc(Oc2c(C)ccc3c2cnn3C2CCCCO2)c1N. The molecular weight excluding hydrogens is 358 g/mol. The number of nitrogens with two attached hydrogens (primary N) is 1. The molecule has 2 heterocycles. The molecule has 4 rings (SSSR count). The zero-order valence-corrected chi connectivity index (χ0v) is 16.0. The number of nitrogens with zero attached hydrogens (tertiary/aromatic N) is 2. The number of aromatic nitrogens is 2. The number of esters is 1. The van der Waals surface area contributed by atoms with Crippen molar-refractivity contribution in [1.29, 1.82) is 0 Å². The van der Waals surface area contributed by atoms with Crippen molar-refractivity contribution >= 4 is 22.6 Å². The minimum atomic E-state index is -0.500. The Morgan fingerprint density at radius 2 is 2.14 bits per heavy atom. The summed E-state index contributed by atoms with van der Waals surface area (Å²) in [6, 6.07) is 9.07. The first-order valence-corrected chi connectivity index (χ1v) is 9.33. The highest BCUT2D eigenvalue weighted by Gasteiger charge is 2.21. The number of rotatable bonds is 4. The molecule has 1 unspecified atom stereocenters. The third kappa shape index (κ3) is 3.18. The van der Waals surface area contributed by atoms with Gasteiger partial charge in [-0.1, -0.05) is 12.1 Å². The number of fused-ring (bicyclic) bond motifs is 1. The zero-order valence-electron chi connectivity index (χ0n) is 16.0. The molecule has 1 saturated heterocycles. The fourth-order valence-corrected chi connectivity index (χ4v) is 3.52. The molecule has 3 aromatic rings. The third-order valence-electron chi connectivity index (χ3n) is 5.04. The van der Waals surface area contributed by atoms with Crippen LogP contribution in [0.25, 0.3) is 10.9 Å². The van der Waals surface area contributed by atoms with E-state index in [2.05, 4.69) is 5.10 Å². The molecule has 0 spiro atoms. The Bertz CT molecular complexity index is 1020. The van der Waals surface area contributed by atoms with Gasteiger partial charge in [0.05, 0.1) is 35.5 Å². The second-order valence-electron chi connectivity index (χ2n) is 6.87. The summed E-state index contributed by atoms with van der Waals surface area (Å²) < 4.78 is 18.7. The Morgan fingerprint density at radius 1 is 1.29 bits per heavy atom. The Labute approximate surface area is 163 Å². The van der Waals surface area contributed by atoms with Crippen LogP contribution in [-0.2, 0) is 9.47 Å². The van der Waals surface area contributed by atoms with Gasteiger partial charge in [-0.05, 0) is 49.9 Å². The Morgan fingerprint density at radius 3 is 2.89 bits per heavy atom. The number of anilines is 1. The van der Waals surface area contributed by atoms with Crippen LogP contribution in [0.4, 0.5) is 5.69 Å². The van der Waals surface area contributed by atoms with E-state index in [0.29, 0.717) is 11.5 Å². The lowest BCUT2D eigenvalue weighted by atomic mass is 10.1. The summed E-state index contributed by atoms with van der Waals surface area (Å²) in [5.74, 6) is 0.564. The second kappa shape index (κ2) is 7.52. The Kier molecular flexibility index (Phi) is 4.92. The van der Waals surface area contributed by atoms with Gasteiger partial charge in [-0.25, -0.2) is 9.48 Å². The molecule has 0 aliphatic carbocycles. The minimum absolute atomic E-state index is 0.0606. The van der Waals surface area contributed by atoms with Crippen LogP contribution in [0.1, 0.15) is 41.4 Å². The van der Waals surface area contributed by atoms with Crippen LogP contribution in [0.15, 0.2) is 36.5 Å². The van der Waals surface area contributed by atoms with E-state index in [0.717, 1.165) is 42.3 Å². The van der Waals surface area contributed by atoms with Gasteiger partial charge in [-0.15, -0.1) is 0 Å². The van der Waals surface area contributed by atoms with Crippen LogP contribution in [0.3, 0.4) is 0 Å². The number of methoxy groups -OCH3 is 1. The number of carbonyl (C=O) groups is 1. The van der Waals surface area contributed by atoms with Crippen molar-refractivity contribution in [3.63, 3.8) is 0 Å². The normalized spacial score (nSPS) is 16.9. The van der Waals surface area contributed by atoms with Gasteiger partial charge in [-0.3, -0.25) is 0 Å². The summed E-state index contributed by atoms with van der Waals surface area (Å²) in [5.41, 5.74) is 8.56. The topological polar surface area (TPSA) is 88.6 Å². The van der Waals surface area contributed by atoms with E-state index in [1.165, 1.54) is 7.11 Å². The molecule has 2 N–H and O–H groups in total. The predicted molar refractivity (Wildman–Crippen MR) is 106 cm³/mol. The monoisotopic (exact) mass is 381 g/mol. The van der Waals surface area contributed by atoms with Gasteiger partial charge < -0.3 is 19.9 Å². The molecule has 0 saturated carbocycles. The van der Waals surface area contributed by atoms with Crippen molar-refractivity contribution in [3.05, 3.63) is 47.7 Å². The van der Waals surface area contributed by atoms with Crippen LogP contribution in [0.2, 0.25) is 0 Å². The van der Waals surface area contributed by atoms with Crippen LogP contribution < -0.4 is 10.5 Å². The van der Waals surface area contributed by atoms with E-state index in [1.807, 2.05) is 23.7 Å². The standard InChI is InChI=1S/C21H23N3O4/c1-13-9-10-16-15(12-23-24(16)18-8-3-4-11-27-18)20(13)28-17-7-5-6-14(19(17)22)21(25)26-2/h5-7,9-10,12,18H,3-4,8,11,22H2,1-2H3. The van der Waals surface area contributed by atoms with E-state index < -0.39 is 5.97 Å². The van der Waals surface area contributed by atoms with Crippen molar-refractivity contribution in [2.45, 2.75) is 32.4 Å². The number of para-hydroxylation sites is 1. The summed E-state index contributed by atoms with van der Waals surface area (Å²) in [5, 5.41) is 5.42. The highest BCUT2D eigenvalue weighted by atomic mass is 16.5. The number of aryl methyl sites for hydroxylation is 1. The van der Waals surface area contributed by atoms with Gasteiger partial charge in [0.1, 0.15) is 5.75 Å². The molecular formula is C21H23N3O4. The highest BCUT2D eigenvalue weighted by Crippen LogP contribution is 2.38.